The molecule has 0 heterocycles. The molecule has 24 heavy (non-hydrogen) atoms. The normalized spacial score (nSPS) is 13.2. The van der Waals surface area contributed by atoms with Crippen LogP contribution in [0.2, 0.25) is 0 Å². The third-order valence-electron chi connectivity index (χ3n) is 3.75. The first kappa shape index (κ1) is 23.2. The smallest absolute Gasteiger partial charge is 0.191 e. The van der Waals surface area contributed by atoms with Crippen LogP contribution in [0.5, 0.6) is 0 Å². The van der Waals surface area contributed by atoms with Gasteiger partial charge in [-0.15, -0.1) is 24.0 Å². The van der Waals surface area contributed by atoms with Crippen LogP contribution in [-0.4, -0.2) is 23.7 Å². The Hall–Kier alpha value is -0.820. The maximum atomic E-state index is 9.40. The first-order valence-electron chi connectivity index (χ1n) is 8.58. The van der Waals surface area contributed by atoms with Crippen LogP contribution in [0, 0.1) is 5.41 Å². The molecule has 0 spiro atoms. The van der Waals surface area contributed by atoms with E-state index in [1.165, 1.54) is 6.42 Å². The van der Waals surface area contributed by atoms with Gasteiger partial charge in [0.05, 0.1) is 13.2 Å². The van der Waals surface area contributed by atoms with Gasteiger partial charge in [-0.3, -0.25) is 0 Å². The third-order valence-corrected chi connectivity index (χ3v) is 3.75. The summed E-state index contributed by atoms with van der Waals surface area (Å²) in [6.07, 6.45) is 2.29. The number of aliphatic hydroxyl groups is 1. The fourth-order valence-corrected chi connectivity index (χ4v) is 2.31. The van der Waals surface area contributed by atoms with Gasteiger partial charge in [-0.1, -0.05) is 45.0 Å². The van der Waals surface area contributed by atoms with Crippen molar-refractivity contribution in [2.45, 2.75) is 66.7 Å². The zero-order valence-corrected chi connectivity index (χ0v) is 18.1. The molecule has 1 unspecified atom stereocenters. The van der Waals surface area contributed by atoms with E-state index < -0.39 is 0 Å². The number of aliphatic hydroxyl groups excluding tert-OH is 1. The Morgan fingerprint density at radius 2 is 1.83 bits per heavy atom. The van der Waals surface area contributed by atoms with Crippen molar-refractivity contribution < 1.29 is 5.11 Å². The Morgan fingerprint density at radius 3 is 2.38 bits per heavy atom. The molecule has 4 nitrogen and oxygen atoms in total. The molecule has 138 valence electrons. The molecule has 1 aromatic carbocycles. The maximum absolute atomic E-state index is 9.40. The van der Waals surface area contributed by atoms with Crippen molar-refractivity contribution in [3.8, 4) is 0 Å². The average molecular weight is 447 g/mol. The molecule has 0 saturated carbocycles. The highest BCUT2D eigenvalue weighted by atomic mass is 127. The van der Waals surface area contributed by atoms with Gasteiger partial charge in [-0.25, -0.2) is 4.99 Å². The predicted octanol–water partition coefficient (Wildman–Crippen LogP) is 4.07. The third kappa shape index (κ3) is 9.47. The molecule has 1 aromatic rings. The summed E-state index contributed by atoms with van der Waals surface area (Å²) in [7, 11) is 0. The van der Waals surface area contributed by atoms with Gasteiger partial charge in [0, 0.05) is 12.6 Å². The minimum atomic E-state index is 0. The Bertz CT molecular complexity index is 498. The topological polar surface area (TPSA) is 56.7 Å². The minimum absolute atomic E-state index is 0. The van der Waals surface area contributed by atoms with Gasteiger partial charge in [-0.05, 0) is 43.2 Å². The summed E-state index contributed by atoms with van der Waals surface area (Å²) in [6, 6.07) is 8.26. The van der Waals surface area contributed by atoms with Crippen LogP contribution < -0.4 is 10.6 Å². The first-order chi connectivity index (χ1) is 10.9. The predicted molar refractivity (Wildman–Crippen MR) is 114 cm³/mol. The lowest BCUT2D eigenvalue weighted by Gasteiger charge is -2.23. The molecule has 1 rings (SSSR count). The summed E-state index contributed by atoms with van der Waals surface area (Å²) in [4.78, 5) is 4.66. The summed E-state index contributed by atoms with van der Waals surface area (Å²) in [5.74, 6) is 0.835. The van der Waals surface area contributed by atoms with Gasteiger partial charge in [-0.2, -0.15) is 0 Å². The summed E-state index contributed by atoms with van der Waals surface area (Å²) >= 11 is 0. The van der Waals surface area contributed by atoms with E-state index in [2.05, 4.69) is 50.2 Å². The summed E-state index contributed by atoms with van der Waals surface area (Å²) in [5, 5.41) is 16.2. The minimum Gasteiger partial charge on any atom is -0.392 e. The summed E-state index contributed by atoms with van der Waals surface area (Å²) in [5.41, 5.74) is 2.35. The zero-order valence-electron chi connectivity index (χ0n) is 15.7. The van der Waals surface area contributed by atoms with E-state index in [0.717, 1.165) is 30.1 Å². The molecule has 5 heteroatoms. The van der Waals surface area contributed by atoms with Crippen molar-refractivity contribution in [2.75, 3.05) is 6.54 Å². The van der Waals surface area contributed by atoms with Crippen LogP contribution in [0.4, 0.5) is 0 Å². The van der Waals surface area contributed by atoms with E-state index >= 15 is 0 Å². The number of halogens is 1. The van der Waals surface area contributed by atoms with Gasteiger partial charge in [0.15, 0.2) is 5.96 Å². The molecule has 0 amide bonds. The molecule has 0 fully saturated rings. The zero-order chi connectivity index (χ0) is 17.3. The van der Waals surface area contributed by atoms with Crippen LogP contribution in [0.3, 0.4) is 0 Å². The monoisotopic (exact) mass is 447 g/mol. The van der Waals surface area contributed by atoms with Crippen molar-refractivity contribution in [1.29, 1.82) is 0 Å². The SMILES string of the molecule is CCNC(=NCc1ccccc1CO)NC(C)CCC(C)(C)C.I. The number of nitrogens with zero attached hydrogens (tertiary/aromatic N) is 1. The Kier molecular flexibility index (Phi) is 11.3. The van der Waals surface area contributed by atoms with Crippen LogP contribution in [-0.2, 0) is 13.2 Å². The van der Waals surface area contributed by atoms with E-state index in [0.29, 0.717) is 18.0 Å². The molecule has 0 aliphatic carbocycles. The lowest BCUT2D eigenvalue weighted by Crippen LogP contribution is -2.42. The largest absolute Gasteiger partial charge is 0.392 e. The van der Waals surface area contributed by atoms with Crippen molar-refractivity contribution in [2.24, 2.45) is 10.4 Å². The molecule has 0 radical (unpaired) electrons. The van der Waals surface area contributed by atoms with Crippen LogP contribution in [0.15, 0.2) is 29.3 Å². The van der Waals surface area contributed by atoms with E-state index in [-0.39, 0.29) is 30.6 Å². The lowest BCUT2D eigenvalue weighted by molar-refractivity contribution is 0.280. The highest BCUT2D eigenvalue weighted by Gasteiger charge is 2.13. The fraction of sp³-hybridized carbons (Fsp3) is 0.632. The molecule has 0 aliphatic rings. The van der Waals surface area contributed by atoms with E-state index in [4.69, 9.17) is 0 Å². The molecular weight excluding hydrogens is 413 g/mol. The van der Waals surface area contributed by atoms with Crippen molar-refractivity contribution in [1.82, 2.24) is 10.6 Å². The Balaban J connectivity index is 0.00000529. The standard InChI is InChI=1S/C19H33N3O.HI/c1-6-20-18(22-15(2)11-12-19(3,4)5)21-13-16-9-7-8-10-17(16)14-23;/h7-10,15,23H,6,11-14H2,1-5H3,(H2,20,21,22);1H. The lowest BCUT2D eigenvalue weighted by atomic mass is 9.89. The van der Waals surface area contributed by atoms with Crippen LogP contribution in [0.1, 0.15) is 58.6 Å². The second kappa shape index (κ2) is 11.7. The van der Waals surface area contributed by atoms with Crippen molar-refractivity contribution >= 4 is 29.9 Å². The molecule has 0 bridgehead atoms. The summed E-state index contributed by atoms with van der Waals surface area (Å²) < 4.78 is 0. The highest BCUT2D eigenvalue weighted by molar-refractivity contribution is 14.0. The first-order valence-corrected chi connectivity index (χ1v) is 8.58. The quantitative estimate of drug-likeness (QED) is 0.336. The van der Waals surface area contributed by atoms with E-state index in [9.17, 15) is 5.11 Å². The van der Waals surface area contributed by atoms with Gasteiger partial charge in [0.25, 0.3) is 0 Å². The number of guanidine groups is 1. The van der Waals surface area contributed by atoms with Gasteiger partial charge >= 0.3 is 0 Å². The number of nitrogens with one attached hydrogen (secondary N) is 2. The maximum Gasteiger partial charge on any atom is 0.191 e. The second-order valence-electron chi connectivity index (χ2n) is 7.27. The molecule has 0 aromatic heterocycles. The molecular formula is C19H34IN3O. The molecule has 0 aliphatic heterocycles. The van der Waals surface area contributed by atoms with Crippen LogP contribution >= 0.6 is 24.0 Å². The van der Waals surface area contributed by atoms with E-state index in [1.807, 2.05) is 24.3 Å². The molecule has 1 atom stereocenters. The number of benzene rings is 1. The van der Waals surface area contributed by atoms with Gasteiger partial charge in [0.1, 0.15) is 0 Å². The average Bonchev–Trinajstić information content (AvgIpc) is 2.50. The number of aliphatic imine (C=N–C) groups is 1. The van der Waals surface area contributed by atoms with Gasteiger partial charge < -0.3 is 15.7 Å². The van der Waals surface area contributed by atoms with Crippen LogP contribution in [0.25, 0.3) is 0 Å². The molecule has 0 saturated heterocycles. The number of hydrogen-bond acceptors (Lipinski definition) is 2. The molecule has 3 N–H and O–H groups in total. The Morgan fingerprint density at radius 1 is 1.21 bits per heavy atom. The number of hydrogen-bond donors (Lipinski definition) is 3. The second-order valence-corrected chi connectivity index (χ2v) is 7.27. The van der Waals surface area contributed by atoms with E-state index in [1.54, 1.807) is 0 Å². The van der Waals surface area contributed by atoms with Crippen molar-refractivity contribution in [3.05, 3.63) is 35.4 Å². The number of rotatable bonds is 7. The van der Waals surface area contributed by atoms with Gasteiger partial charge in [0.2, 0.25) is 0 Å². The Labute approximate surface area is 164 Å². The fourth-order valence-electron chi connectivity index (χ4n) is 2.31. The summed E-state index contributed by atoms with van der Waals surface area (Å²) in [6.45, 7) is 12.5. The highest BCUT2D eigenvalue weighted by Crippen LogP contribution is 2.21. The van der Waals surface area contributed by atoms with Crippen molar-refractivity contribution in [3.63, 3.8) is 0 Å².